The molecular formula is C7H16N2O3. The van der Waals surface area contributed by atoms with Crippen molar-refractivity contribution >= 4 is 5.97 Å². The molecule has 4 N–H and O–H groups in total. The standard InChI is InChI=1S/C7H16N2O3/c1-7(11,6(10)12-2)5-9-4-3-8/h9,11H,3-5,8H2,1-2H3. The summed E-state index contributed by atoms with van der Waals surface area (Å²) in [6, 6.07) is 0. The van der Waals surface area contributed by atoms with Gasteiger partial charge in [0.05, 0.1) is 7.11 Å². The molecule has 1 unspecified atom stereocenters. The van der Waals surface area contributed by atoms with Crippen molar-refractivity contribution in [2.45, 2.75) is 12.5 Å². The largest absolute Gasteiger partial charge is 0.467 e. The van der Waals surface area contributed by atoms with Crippen LogP contribution in [0.3, 0.4) is 0 Å². The number of rotatable bonds is 5. The number of nitrogens with one attached hydrogen (secondary N) is 1. The third-order valence-electron chi connectivity index (χ3n) is 1.42. The van der Waals surface area contributed by atoms with Gasteiger partial charge in [-0.05, 0) is 6.92 Å². The normalized spacial score (nSPS) is 15.3. The lowest BCUT2D eigenvalue weighted by Crippen LogP contribution is -2.46. The number of aliphatic hydroxyl groups is 1. The molecule has 0 fully saturated rings. The topological polar surface area (TPSA) is 84.6 Å². The molecule has 5 nitrogen and oxygen atoms in total. The summed E-state index contributed by atoms with van der Waals surface area (Å²) in [6.07, 6.45) is 0. The minimum atomic E-state index is -1.47. The van der Waals surface area contributed by atoms with Gasteiger partial charge in [0.1, 0.15) is 0 Å². The quantitative estimate of drug-likeness (QED) is 0.349. The Morgan fingerprint density at radius 3 is 2.75 bits per heavy atom. The minimum absolute atomic E-state index is 0.150. The molecule has 0 bridgehead atoms. The second-order valence-corrected chi connectivity index (χ2v) is 2.73. The SMILES string of the molecule is COC(=O)C(C)(O)CNCCN. The van der Waals surface area contributed by atoms with Crippen LogP contribution < -0.4 is 11.1 Å². The number of carbonyl (C=O) groups is 1. The van der Waals surface area contributed by atoms with Gasteiger partial charge < -0.3 is 20.9 Å². The van der Waals surface area contributed by atoms with E-state index < -0.39 is 11.6 Å². The average molecular weight is 176 g/mol. The first-order valence-corrected chi connectivity index (χ1v) is 3.76. The van der Waals surface area contributed by atoms with E-state index in [1.807, 2.05) is 0 Å². The third-order valence-corrected chi connectivity index (χ3v) is 1.42. The van der Waals surface area contributed by atoms with Crippen LogP contribution in [0.15, 0.2) is 0 Å². The van der Waals surface area contributed by atoms with Crippen LogP contribution in [0, 0.1) is 0 Å². The zero-order valence-corrected chi connectivity index (χ0v) is 7.46. The Kier molecular flexibility index (Phi) is 4.80. The molecule has 0 aliphatic heterocycles. The molecular weight excluding hydrogens is 160 g/mol. The lowest BCUT2D eigenvalue weighted by atomic mass is 10.1. The highest BCUT2D eigenvalue weighted by Gasteiger charge is 2.30. The monoisotopic (exact) mass is 176 g/mol. The smallest absolute Gasteiger partial charge is 0.338 e. The van der Waals surface area contributed by atoms with E-state index in [0.29, 0.717) is 13.1 Å². The van der Waals surface area contributed by atoms with Crippen molar-refractivity contribution in [1.82, 2.24) is 5.32 Å². The van der Waals surface area contributed by atoms with Gasteiger partial charge in [0.25, 0.3) is 0 Å². The maximum atomic E-state index is 10.9. The number of esters is 1. The minimum Gasteiger partial charge on any atom is -0.467 e. The van der Waals surface area contributed by atoms with Crippen LogP contribution in [0.5, 0.6) is 0 Å². The Labute approximate surface area is 71.9 Å². The Balaban J connectivity index is 3.78. The molecule has 0 aromatic heterocycles. The van der Waals surface area contributed by atoms with Gasteiger partial charge in [-0.25, -0.2) is 4.79 Å². The highest BCUT2D eigenvalue weighted by molar-refractivity contribution is 5.78. The van der Waals surface area contributed by atoms with Gasteiger partial charge in [0.2, 0.25) is 0 Å². The predicted octanol–water partition coefficient (Wildman–Crippen LogP) is -1.54. The van der Waals surface area contributed by atoms with Gasteiger partial charge in [-0.2, -0.15) is 0 Å². The predicted molar refractivity (Wildman–Crippen MR) is 44.6 cm³/mol. The van der Waals surface area contributed by atoms with Crippen molar-refractivity contribution in [3.05, 3.63) is 0 Å². The molecule has 5 heteroatoms. The lowest BCUT2D eigenvalue weighted by Gasteiger charge is -2.20. The third kappa shape index (κ3) is 3.66. The van der Waals surface area contributed by atoms with Gasteiger partial charge in [-0.1, -0.05) is 0 Å². The van der Waals surface area contributed by atoms with Crippen LogP contribution in [-0.4, -0.2) is 43.4 Å². The average Bonchev–Trinajstić information content (AvgIpc) is 2.03. The number of ether oxygens (including phenoxy) is 1. The first-order valence-electron chi connectivity index (χ1n) is 3.76. The fraction of sp³-hybridized carbons (Fsp3) is 0.857. The Morgan fingerprint density at radius 1 is 1.75 bits per heavy atom. The first kappa shape index (κ1) is 11.4. The van der Waals surface area contributed by atoms with E-state index in [-0.39, 0.29) is 6.54 Å². The second kappa shape index (κ2) is 5.08. The summed E-state index contributed by atoms with van der Waals surface area (Å²) in [5.41, 5.74) is 3.74. The van der Waals surface area contributed by atoms with Crippen molar-refractivity contribution in [1.29, 1.82) is 0 Å². The van der Waals surface area contributed by atoms with E-state index in [1.165, 1.54) is 14.0 Å². The van der Waals surface area contributed by atoms with Crippen LogP contribution in [0.4, 0.5) is 0 Å². The number of methoxy groups -OCH3 is 1. The molecule has 12 heavy (non-hydrogen) atoms. The first-order chi connectivity index (χ1) is 5.54. The van der Waals surface area contributed by atoms with Gasteiger partial charge in [-0.3, -0.25) is 0 Å². The van der Waals surface area contributed by atoms with E-state index >= 15 is 0 Å². The molecule has 1 atom stereocenters. The van der Waals surface area contributed by atoms with Gasteiger partial charge in [0, 0.05) is 19.6 Å². The maximum absolute atomic E-state index is 10.9. The van der Waals surface area contributed by atoms with Gasteiger partial charge >= 0.3 is 5.97 Å². The molecule has 72 valence electrons. The molecule has 0 saturated carbocycles. The van der Waals surface area contributed by atoms with Crippen LogP contribution >= 0.6 is 0 Å². The van der Waals surface area contributed by atoms with Crippen molar-refractivity contribution in [2.24, 2.45) is 5.73 Å². The molecule has 0 radical (unpaired) electrons. The molecule has 0 aliphatic rings. The summed E-state index contributed by atoms with van der Waals surface area (Å²) in [5.74, 6) is -0.646. The molecule has 0 spiro atoms. The van der Waals surface area contributed by atoms with E-state index in [2.05, 4.69) is 10.1 Å². The Hall–Kier alpha value is -0.650. The molecule has 0 saturated heterocycles. The van der Waals surface area contributed by atoms with E-state index in [1.54, 1.807) is 0 Å². The van der Waals surface area contributed by atoms with Crippen molar-refractivity contribution < 1.29 is 14.6 Å². The highest BCUT2D eigenvalue weighted by Crippen LogP contribution is 2.02. The van der Waals surface area contributed by atoms with Crippen LogP contribution in [-0.2, 0) is 9.53 Å². The van der Waals surface area contributed by atoms with Crippen LogP contribution in [0.1, 0.15) is 6.92 Å². The maximum Gasteiger partial charge on any atom is 0.338 e. The van der Waals surface area contributed by atoms with Gasteiger partial charge in [0.15, 0.2) is 5.60 Å². The lowest BCUT2D eigenvalue weighted by molar-refractivity contribution is -0.159. The summed E-state index contributed by atoms with van der Waals surface area (Å²) >= 11 is 0. The molecule has 0 heterocycles. The summed E-state index contributed by atoms with van der Waals surface area (Å²) in [6.45, 7) is 2.57. The van der Waals surface area contributed by atoms with Crippen LogP contribution in [0.25, 0.3) is 0 Å². The number of nitrogens with two attached hydrogens (primary N) is 1. The van der Waals surface area contributed by atoms with Crippen LogP contribution in [0.2, 0.25) is 0 Å². The van der Waals surface area contributed by atoms with E-state index in [9.17, 15) is 9.90 Å². The van der Waals surface area contributed by atoms with Crippen molar-refractivity contribution in [2.75, 3.05) is 26.7 Å². The molecule has 0 aliphatic carbocycles. The van der Waals surface area contributed by atoms with Crippen molar-refractivity contribution in [3.8, 4) is 0 Å². The zero-order chi connectivity index (χ0) is 9.61. The fourth-order valence-electron chi connectivity index (χ4n) is 0.726. The number of hydrogen-bond acceptors (Lipinski definition) is 5. The fourth-order valence-corrected chi connectivity index (χ4v) is 0.726. The van der Waals surface area contributed by atoms with Gasteiger partial charge in [-0.15, -0.1) is 0 Å². The number of hydrogen-bond donors (Lipinski definition) is 3. The molecule has 0 aromatic rings. The second-order valence-electron chi connectivity index (χ2n) is 2.73. The summed E-state index contributed by atoms with van der Waals surface area (Å²) < 4.78 is 4.39. The zero-order valence-electron chi connectivity index (χ0n) is 7.46. The van der Waals surface area contributed by atoms with E-state index in [4.69, 9.17) is 5.73 Å². The molecule has 0 amide bonds. The summed E-state index contributed by atoms with van der Waals surface area (Å²) in [5, 5.41) is 12.2. The van der Waals surface area contributed by atoms with E-state index in [0.717, 1.165) is 0 Å². The Bertz CT molecular complexity index is 148. The number of carbonyl (C=O) groups excluding carboxylic acids is 1. The highest BCUT2D eigenvalue weighted by atomic mass is 16.5. The summed E-state index contributed by atoms with van der Waals surface area (Å²) in [7, 11) is 1.24. The Morgan fingerprint density at radius 2 is 2.33 bits per heavy atom. The summed E-state index contributed by atoms with van der Waals surface area (Å²) in [4.78, 5) is 10.9. The molecule has 0 aromatic carbocycles. The van der Waals surface area contributed by atoms with Crippen molar-refractivity contribution in [3.63, 3.8) is 0 Å². The molecule has 0 rings (SSSR count).